The van der Waals surface area contributed by atoms with Crippen LogP contribution in [0.4, 0.5) is 0 Å². The summed E-state index contributed by atoms with van der Waals surface area (Å²) in [5.41, 5.74) is 0.581. The highest BCUT2D eigenvalue weighted by atomic mass is 16.6. The van der Waals surface area contributed by atoms with E-state index in [0.29, 0.717) is 5.56 Å². The van der Waals surface area contributed by atoms with Crippen LogP contribution in [0, 0.1) is 0 Å². The number of aliphatic hydroxyl groups is 4. The van der Waals surface area contributed by atoms with Gasteiger partial charge in [0.05, 0.1) is 18.4 Å². The van der Waals surface area contributed by atoms with Gasteiger partial charge in [0, 0.05) is 6.42 Å². The van der Waals surface area contributed by atoms with Crippen molar-refractivity contribution in [1.29, 1.82) is 0 Å². The monoisotopic (exact) mass is 386 g/mol. The molecule has 10 nitrogen and oxygen atoms in total. The standard InChI is InChI=1S/C14H16O8.C3H6O2/c15-4-7-10(18)11(19)12(20)14(22-7)13-8-5(1-2-21-13)3-6(16)9(8)17;1-2-3(4)5/h1-3,7,10-12,14-20H,4H2;2H2,1H3,(H,4,5)/t7-,10-,11+,12-,14-;/m1./s1. The molecule has 0 unspecified atom stereocenters. The average Bonchev–Trinajstić information content (AvgIpc) is 2.95. The van der Waals surface area contributed by atoms with Gasteiger partial charge in [0.1, 0.15) is 36.3 Å². The van der Waals surface area contributed by atoms with Gasteiger partial charge in [0.2, 0.25) is 0 Å². The van der Waals surface area contributed by atoms with E-state index in [1.54, 1.807) is 6.92 Å². The number of hydrogen-bond donors (Lipinski definition) is 7. The summed E-state index contributed by atoms with van der Waals surface area (Å²) in [5, 5.41) is 66.2. The van der Waals surface area contributed by atoms with Gasteiger partial charge >= 0.3 is 5.97 Å². The molecule has 2 aliphatic heterocycles. The van der Waals surface area contributed by atoms with Crippen LogP contribution in [0.1, 0.15) is 25.2 Å². The number of ether oxygens (including phenoxy) is 1. The van der Waals surface area contributed by atoms with Crippen LogP contribution >= 0.6 is 0 Å². The van der Waals surface area contributed by atoms with Crippen molar-refractivity contribution < 1.29 is 49.7 Å². The van der Waals surface area contributed by atoms with Gasteiger partial charge in [0.15, 0.2) is 11.5 Å². The number of hydrogen-bond acceptors (Lipinski definition) is 9. The smallest absolute Gasteiger partial charge is 0.303 e. The third kappa shape index (κ3) is 4.15. The normalized spacial score (nSPS) is 27.8. The number of carboxylic acid groups (broad SMARTS) is 1. The molecule has 0 radical (unpaired) electrons. The van der Waals surface area contributed by atoms with Gasteiger partial charge in [-0.25, -0.2) is 0 Å². The minimum Gasteiger partial charge on any atom is -0.504 e. The molecule has 1 saturated heterocycles. The van der Waals surface area contributed by atoms with Crippen molar-refractivity contribution in [2.45, 2.75) is 43.9 Å². The second kappa shape index (κ2) is 8.55. The van der Waals surface area contributed by atoms with E-state index in [-0.39, 0.29) is 23.5 Å². The van der Waals surface area contributed by atoms with Crippen LogP contribution in [0.15, 0.2) is 22.8 Å². The van der Waals surface area contributed by atoms with Crippen LogP contribution in [-0.4, -0.2) is 72.7 Å². The summed E-state index contributed by atoms with van der Waals surface area (Å²) in [6, 6.07) is 2.82. The summed E-state index contributed by atoms with van der Waals surface area (Å²) < 4.78 is 10.7. The molecule has 1 fully saturated rings. The Hall–Kier alpha value is -2.37. The largest absolute Gasteiger partial charge is 0.504 e. The summed E-state index contributed by atoms with van der Waals surface area (Å²) in [6.07, 6.45) is -5.42. The molecule has 0 aromatic carbocycles. The minimum atomic E-state index is -1.56. The Kier molecular flexibility index (Phi) is 6.63. The van der Waals surface area contributed by atoms with Crippen molar-refractivity contribution in [2.24, 2.45) is 0 Å². The molecule has 27 heavy (non-hydrogen) atoms. The van der Waals surface area contributed by atoms with E-state index in [1.165, 1.54) is 18.4 Å². The molecule has 0 bridgehead atoms. The van der Waals surface area contributed by atoms with Crippen molar-refractivity contribution >= 4 is 5.97 Å². The summed E-state index contributed by atoms with van der Waals surface area (Å²) in [4.78, 5) is 9.37. The van der Waals surface area contributed by atoms with Crippen LogP contribution in [-0.2, 0) is 9.53 Å². The Labute approximate surface area is 153 Å². The first-order valence-electron chi connectivity index (χ1n) is 8.17. The second-order valence-electron chi connectivity index (χ2n) is 5.99. The van der Waals surface area contributed by atoms with Gasteiger partial charge in [-0.3, -0.25) is 4.79 Å². The Bertz CT molecular complexity index is 740. The minimum absolute atomic E-state index is 0.0211. The molecule has 3 rings (SSSR count). The van der Waals surface area contributed by atoms with Crippen molar-refractivity contribution in [3.05, 3.63) is 24.2 Å². The van der Waals surface area contributed by atoms with Crippen LogP contribution < -0.4 is 0 Å². The van der Waals surface area contributed by atoms with Crippen LogP contribution in [0.5, 0.6) is 11.5 Å². The quantitative estimate of drug-likeness (QED) is 0.373. The van der Waals surface area contributed by atoms with Gasteiger partial charge in [-0.15, -0.1) is 0 Å². The molecule has 1 aliphatic carbocycles. The van der Waals surface area contributed by atoms with E-state index in [2.05, 4.69) is 0 Å². The maximum Gasteiger partial charge on any atom is 0.303 e. The molecule has 0 aromatic rings. The first-order chi connectivity index (χ1) is 12.7. The number of rotatable bonds is 3. The topological polar surface area (TPSA) is 181 Å². The van der Waals surface area contributed by atoms with Crippen molar-refractivity contribution in [3.8, 4) is 22.6 Å². The number of carboxylic acids is 1. The molecule has 3 aliphatic rings. The van der Waals surface area contributed by atoms with Crippen molar-refractivity contribution in [1.82, 2.24) is 0 Å². The zero-order valence-electron chi connectivity index (χ0n) is 14.4. The lowest BCUT2D eigenvalue weighted by Crippen LogP contribution is -2.55. The molecule has 0 saturated carbocycles. The predicted molar refractivity (Wildman–Crippen MR) is 89.3 cm³/mol. The van der Waals surface area contributed by atoms with E-state index in [0.717, 1.165) is 0 Å². The Balaban J connectivity index is 0.000000465. The molecule has 10 heteroatoms. The Morgan fingerprint density at radius 3 is 2.33 bits per heavy atom. The van der Waals surface area contributed by atoms with Gasteiger partial charge in [-0.2, -0.15) is 0 Å². The average molecular weight is 386 g/mol. The number of aliphatic hydroxyl groups excluding tert-OH is 4. The zero-order valence-corrected chi connectivity index (χ0v) is 14.4. The predicted octanol–water partition coefficient (Wildman–Crippen LogP) is -0.209. The fourth-order valence-corrected chi connectivity index (χ4v) is 2.71. The molecule has 0 amide bonds. The van der Waals surface area contributed by atoms with Crippen LogP contribution in [0.25, 0.3) is 11.1 Å². The summed E-state index contributed by atoms with van der Waals surface area (Å²) in [6.45, 7) is 1.03. The molecule has 2 heterocycles. The highest BCUT2D eigenvalue weighted by molar-refractivity contribution is 5.80. The fourth-order valence-electron chi connectivity index (χ4n) is 2.71. The van der Waals surface area contributed by atoms with E-state index in [4.69, 9.17) is 14.3 Å². The number of aliphatic carboxylic acids is 1. The maximum absolute atomic E-state index is 10.1. The summed E-state index contributed by atoms with van der Waals surface area (Å²) in [5.74, 6) is -1.56. The van der Waals surface area contributed by atoms with E-state index < -0.39 is 48.8 Å². The highest BCUT2D eigenvalue weighted by Gasteiger charge is 2.46. The molecule has 0 spiro atoms. The first kappa shape index (κ1) is 20.9. The number of carbonyl (C=O) groups is 1. The zero-order chi connectivity index (χ0) is 20.3. The second-order valence-corrected chi connectivity index (χ2v) is 5.99. The molecule has 150 valence electrons. The number of aromatic hydroxyl groups is 2. The fraction of sp³-hybridized carbons (Fsp3) is 0.471. The first-order valence-corrected chi connectivity index (χ1v) is 8.17. The van der Waals surface area contributed by atoms with Crippen molar-refractivity contribution in [3.63, 3.8) is 0 Å². The van der Waals surface area contributed by atoms with E-state index in [1.807, 2.05) is 0 Å². The number of fused-ring (bicyclic) bond motifs is 1. The molecular weight excluding hydrogens is 364 g/mol. The van der Waals surface area contributed by atoms with Gasteiger partial charge in [-0.1, -0.05) is 6.92 Å². The molecule has 0 aromatic heterocycles. The van der Waals surface area contributed by atoms with E-state index >= 15 is 0 Å². The third-order valence-electron chi connectivity index (χ3n) is 4.20. The molecular formula is C17H22O10. The SMILES string of the molecule is CCC(=O)O.OC[C@H]1O[C@@H](c2occc3cc(O)c(O)c2-3)[C@H](O)[C@@H](O)[C@@H]1O. The lowest BCUT2D eigenvalue weighted by molar-refractivity contribution is -0.235. The summed E-state index contributed by atoms with van der Waals surface area (Å²) in [7, 11) is 0. The Morgan fingerprint density at radius 2 is 1.78 bits per heavy atom. The van der Waals surface area contributed by atoms with Gasteiger partial charge in [0.25, 0.3) is 0 Å². The van der Waals surface area contributed by atoms with Crippen molar-refractivity contribution in [2.75, 3.05) is 6.61 Å². The third-order valence-corrected chi connectivity index (χ3v) is 4.20. The molecule has 7 N–H and O–H groups in total. The molecule has 5 atom stereocenters. The lowest BCUT2D eigenvalue weighted by atomic mass is 9.91. The van der Waals surface area contributed by atoms with Gasteiger partial charge < -0.3 is 44.9 Å². The van der Waals surface area contributed by atoms with Crippen LogP contribution in [0.3, 0.4) is 0 Å². The van der Waals surface area contributed by atoms with Gasteiger partial charge in [-0.05, 0) is 17.7 Å². The highest BCUT2D eigenvalue weighted by Crippen LogP contribution is 2.47. The Morgan fingerprint density at radius 1 is 1.15 bits per heavy atom. The lowest BCUT2D eigenvalue weighted by Gasteiger charge is -2.39. The summed E-state index contributed by atoms with van der Waals surface area (Å²) >= 11 is 0. The van der Waals surface area contributed by atoms with E-state index in [9.17, 15) is 35.4 Å². The van der Waals surface area contributed by atoms with Crippen LogP contribution in [0.2, 0.25) is 0 Å². The maximum atomic E-state index is 10.1.